The standard InChI is InChI=1S/C44H74O15/c1-20-30(48)32(50)34(52)37(55-20)58-35-33(51)31(49)25(19-54-21(2)45)57-38(35)56-24-18-43(9)26(41(7)14-12-27(47)39(3,4)36(24)41)17-23(46)29-22(11-15-42(29,43)8)44(10)16-13-28(59-44)40(5,6)53/h20,22-38,46-53H,11-19H2,1-10H3/t20-,22-,23+,24-,25+,26+,27-,28-,29+,30-,31+,32+,33-,34+,35+,36-,37-,38+,41+,42+,43+,44-/m0/s1. The van der Waals surface area contributed by atoms with Gasteiger partial charge in [-0.15, -0.1) is 0 Å². The number of aliphatic hydroxyl groups excluding tert-OH is 7. The lowest BCUT2D eigenvalue weighted by Crippen LogP contribution is -2.71. The quantitative estimate of drug-likeness (QED) is 0.129. The summed E-state index contributed by atoms with van der Waals surface area (Å²) in [6.45, 7) is 19.0. The van der Waals surface area contributed by atoms with Crippen LogP contribution in [0.25, 0.3) is 0 Å². The molecule has 15 nitrogen and oxygen atoms in total. The van der Waals surface area contributed by atoms with Crippen molar-refractivity contribution in [3.63, 3.8) is 0 Å². The Morgan fingerprint density at radius 3 is 2.08 bits per heavy atom. The van der Waals surface area contributed by atoms with Crippen LogP contribution < -0.4 is 0 Å². The molecule has 7 fully saturated rings. The highest BCUT2D eigenvalue weighted by molar-refractivity contribution is 5.65. The molecule has 0 spiro atoms. The SMILES string of the molecule is CC(=O)OC[C@H]1O[C@@H](O[C@H]2C[C@]3(C)[C@H](C[C@@H](O)[C@H]4[C@@H]([C@]5(C)CC[C@@H](C(C)(C)O)O5)CC[C@]43C)[C@@]3(C)CC[C@H](O)C(C)(C)[C@H]23)[C@H](O[C@@H]2O[C@@H](C)[C@H](O)[C@@H](O)[C@H]2O)[C@@H](O)[C@@H]1O. The van der Waals surface area contributed by atoms with Crippen molar-refractivity contribution in [1.82, 2.24) is 0 Å². The molecule has 0 aromatic rings. The summed E-state index contributed by atoms with van der Waals surface area (Å²) in [5.41, 5.74) is -3.49. The highest BCUT2D eigenvalue weighted by Crippen LogP contribution is 2.76. The van der Waals surface area contributed by atoms with Gasteiger partial charge in [0.1, 0.15) is 49.3 Å². The largest absolute Gasteiger partial charge is 0.463 e. The molecule has 7 aliphatic rings. The van der Waals surface area contributed by atoms with Crippen LogP contribution in [0.2, 0.25) is 0 Å². The topological polar surface area (TPSA) is 234 Å². The van der Waals surface area contributed by atoms with Gasteiger partial charge in [0.25, 0.3) is 0 Å². The number of hydrogen-bond acceptors (Lipinski definition) is 15. The summed E-state index contributed by atoms with van der Waals surface area (Å²) in [5.74, 6) is -0.947. The average Bonchev–Trinajstić information content (AvgIpc) is 3.74. The summed E-state index contributed by atoms with van der Waals surface area (Å²) in [7, 11) is 0. The third-order valence-corrected chi connectivity index (χ3v) is 17.6. The minimum Gasteiger partial charge on any atom is -0.463 e. The Morgan fingerprint density at radius 2 is 1.46 bits per heavy atom. The van der Waals surface area contributed by atoms with Crippen molar-refractivity contribution in [3.05, 3.63) is 0 Å². The number of carbonyl (C=O) groups is 1. The zero-order valence-corrected chi connectivity index (χ0v) is 36.7. The minimum absolute atomic E-state index is 0.0340. The van der Waals surface area contributed by atoms with Gasteiger partial charge in [-0.05, 0) is 124 Å². The van der Waals surface area contributed by atoms with E-state index in [2.05, 4.69) is 27.7 Å². The van der Waals surface area contributed by atoms with Crippen molar-refractivity contribution in [2.75, 3.05) is 6.61 Å². The molecule has 340 valence electrons. The van der Waals surface area contributed by atoms with E-state index in [1.165, 1.54) is 13.8 Å². The maximum absolute atomic E-state index is 12.4. The first-order chi connectivity index (χ1) is 27.2. The van der Waals surface area contributed by atoms with Gasteiger partial charge in [0.2, 0.25) is 0 Å². The van der Waals surface area contributed by atoms with E-state index < -0.39 is 120 Å². The molecule has 4 saturated carbocycles. The fourth-order valence-electron chi connectivity index (χ4n) is 14.3. The molecule has 7 rings (SSSR count). The Balaban J connectivity index is 1.27. The number of fused-ring (bicyclic) bond motifs is 5. The zero-order chi connectivity index (χ0) is 43.6. The van der Waals surface area contributed by atoms with E-state index in [4.69, 9.17) is 28.4 Å². The molecule has 3 heterocycles. The first-order valence-corrected chi connectivity index (χ1v) is 22.1. The molecule has 0 bridgehead atoms. The molecular formula is C44H74O15. The van der Waals surface area contributed by atoms with Crippen molar-refractivity contribution in [1.29, 1.82) is 0 Å². The predicted molar refractivity (Wildman–Crippen MR) is 210 cm³/mol. The first kappa shape index (κ1) is 46.0. The highest BCUT2D eigenvalue weighted by atomic mass is 16.8. The normalized spacial score (nSPS) is 54.9. The summed E-state index contributed by atoms with van der Waals surface area (Å²) >= 11 is 0. The lowest BCUT2D eigenvalue weighted by Gasteiger charge is -2.72. The van der Waals surface area contributed by atoms with Gasteiger partial charge < -0.3 is 69.3 Å². The predicted octanol–water partition coefficient (Wildman–Crippen LogP) is 1.93. The average molecular weight is 843 g/mol. The van der Waals surface area contributed by atoms with Crippen LogP contribution in [0.3, 0.4) is 0 Å². The van der Waals surface area contributed by atoms with E-state index in [0.29, 0.717) is 25.7 Å². The number of aliphatic hydroxyl groups is 8. The smallest absolute Gasteiger partial charge is 0.302 e. The number of ether oxygens (including phenoxy) is 6. The van der Waals surface area contributed by atoms with E-state index in [-0.39, 0.29) is 35.2 Å². The number of rotatable bonds is 8. The molecule has 4 aliphatic carbocycles. The monoisotopic (exact) mass is 843 g/mol. The Kier molecular flexibility index (Phi) is 12.1. The lowest BCUT2D eigenvalue weighted by molar-refractivity contribution is -0.382. The van der Waals surface area contributed by atoms with Crippen LogP contribution in [0.15, 0.2) is 0 Å². The van der Waals surface area contributed by atoms with Crippen molar-refractivity contribution in [2.24, 2.45) is 45.3 Å². The van der Waals surface area contributed by atoms with Crippen molar-refractivity contribution < 1.29 is 74.1 Å². The van der Waals surface area contributed by atoms with E-state index >= 15 is 0 Å². The van der Waals surface area contributed by atoms with Gasteiger partial charge in [0.05, 0.1) is 41.7 Å². The molecule has 0 unspecified atom stereocenters. The third kappa shape index (κ3) is 7.35. The van der Waals surface area contributed by atoms with Crippen molar-refractivity contribution in [3.8, 4) is 0 Å². The maximum atomic E-state index is 12.4. The van der Waals surface area contributed by atoms with Gasteiger partial charge in [-0.1, -0.05) is 34.6 Å². The molecule has 0 amide bonds. The van der Waals surface area contributed by atoms with Crippen molar-refractivity contribution >= 4 is 5.97 Å². The second-order valence-electron chi connectivity index (χ2n) is 21.8. The summed E-state index contributed by atoms with van der Waals surface area (Å²) in [4.78, 5) is 11.9. The third-order valence-electron chi connectivity index (χ3n) is 17.6. The molecule has 3 saturated heterocycles. The van der Waals surface area contributed by atoms with Crippen LogP contribution in [0.4, 0.5) is 0 Å². The number of hydrogen-bond donors (Lipinski definition) is 8. The number of esters is 1. The molecule has 8 N–H and O–H groups in total. The van der Waals surface area contributed by atoms with E-state index in [9.17, 15) is 45.6 Å². The van der Waals surface area contributed by atoms with E-state index in [1.54, 1.807) is 13.8 Å². The molecular weight excluding hydrogens is 768 g/mol. The van der Waals surface area contributed by atoms with Crippen LogP contribution in [-0.4, -0.2) is 150 Å². The minimum atomic E-state index is -1.72. The summed E-state index contributed by atoms with van der Waals surface area (Å²) in [6.07, 6.45) is -11.5. The van der Waals surface area contributed by atoms with Crippen LogP contribution in [0.1, 0.15) is 121 Å². The van der Waals surface area contributed by atoms with Gasteiger partial charge in [0.15, 0.2) is 12.6 Å². The lowest BCUT2D eigenvalue weighted by atomic mass is 9.34. The van der Waals surface area contributed by atoms with Crippen LogP contribution in [0.5, 0.6) is 0 Å². The summed E-state index contributed by atoms with van der Waals surface area (Å²) in [6, 6.07) is 0. The Bertz CT molecular complexity index is 1540. The van der Waals surface area contributed by atoms with Crippen LogP contribution in [0, 0.1) is 45.3 Å². The van der Waals surface area contributed by atoms with E-state index in [1.807, 2.05) is 13.8 Å². The summed E-state index contributed by atoms with van der Waals surface area (Å²) < 4.78 is 37.5. The van der Waals surface area contributed by atoms with Crippen molar-refractivity contribution in [2.45, 2.75) is 218 Å². The Hall–Kier alpha value is -1.05. The molecule has 15 heteroatoms. The zero-order valence-electron chi connectivity index (χ0n) is 36.7. The van der Waals surface area contributed by atoms with Gasteiger partial charge in [-0.25, -0.2) is 0 Å². The second-order valence-corrected chi connectivity index (χ2v) is 21.8. The van der Waals surface area contributed by atoms with Gasteiger partial charge >= 0.3 is 5.97 Å². The molecule has 0 aromatic heterocycles. The van der Waals surface area contributed by atoms with Gasteiger partial charge in [-0.3, -0.25) is 4.79 Å². The first-order valence-electron chi connectivity index (χ1n) is 22.1. The maximum Gasteiger partial charge on any atom is 0.302 e. The number of carbonyl (C=O) groups excluding carboxylic acids is 1. The summed E-state index contributed by atoms with van der Waals surface area (Å²) in [5, 5.41) is 90.1. The fraction of sp³-hybridized carbons (Fsp3) is 0.977. The Morgan fingerprint density at radius 1 is 0.780 bits per heavy atom. The highest BCUT2D eigenvalue weighted by Gasteiger charge is 2.74. The van der Waals surface area contributed by atoms with E-state index in [0.717, 1.165) is 25.7 Å². The molecule has 0 aromatic carbocycles. The Labute approximate surface area is 349 Å². The molecule has 3 aliphatic heterocycles. The van der Waals surface area contributed by atoms with Crippen LogP contribution >= 0.6 is 0 Å². The molecule has 22 atom stereocenters. The van der Waals surface area contributed by atoms with Crippen LogP contribution in [-0.2, 0) is 33.2 Å². The van der Waals surface area contributed by atoms with Gasteiger partial charge in [-0.2, -0.15) is 0 Å². The fourth-order valence-corrected chi connectivity index (χ4v) is 14.3. The molecule has 59 heavy (non-hydrogen) atoms. The second kappa shape index (κ2) is 15.6. The van der Waals surface area contributed by atoms with Gasteiger partial charge in [0, 0.05) is 6.92 Å². The molecule has 0 radical (unpaired) electrons.